The molecule has 8 heteroatoms. The number of nitrogens with two attached hydrogens (primary N) is 1. The highest BCUT2D eigenvalue weighted by Crippen LogP contribution is 2.21. The molecule has 0 aliphatic carbocycles. The molecule has 0 saturated carbocycles. The van der Waals surface area contributed by atoms with E-state index in [2.05, 4.69) is 0 Å². The van der Waals surface area contributed by atoms with E-state index in [0.717, 1.165) is 6.07 Å². The van der Waals surface area contributed by atoms with Gasteiger partial charge in [0.25, 0.3) is 10.1 Å². The predicted octanol–water partition coefficient (Wildman–Crippen LogP) is 1.20. The molecule has 3 N–H and O–H groups in total. The first-order valence-corrected chi connectivity index (χ1v) is 4.95. The van der Waals surface area contributed by atoms with Crippen LogP contribution in [-0.2, 0) is 10.1 Å². The van der Waals surface area contributed by atoms with Crippen molar-refractivity contribution in [3.63, 3.8) is 0 Å². The third-order valence-corrected chi connectivity index (χ3v) is 2.40. The number of nitrogen functional groups attached to an aromatic ring is 1. The van der Waals surface area contributed by atoms with Crippen LogP contribution in [0.2, 0.25) is 5.02 Å². The van der Waals surface area contributed by atoms with Gasteiger partial charge in [0.1, 0.15) is 4.90 Å². The fourth-order valence-electron chi connectivity index (χ4n) is 0.732. The molecule has 0 aliphatic rings. The Labute approximate surface area is 85.5 Å². The highest BCUT2D eigenvalue weighted by Gasteiger charge is 2.13. The second kappa shape index (κ2) is 4.76. The summed E-state index contributed by atoms with van der Waals surface area (Å²) in [7, 11) is -4.27. The van der Waals surface area contributed by atoms with Crippen molar-refractivity contribution in [3.05, 3.63) is 23.2 Å². The van der Waals surface area contributed by atoms with Gasteiger partial charge in [0.2, 0.25) is 0 Å². The van der Waals surface area contributed by atoms with Crippen LogP contribution in [0.25, 0.3) is 0 Å². The number of rotatable bonds is 1. The molecule has 14 heavy (non-hydrogen) atoms. The van der Waals surface area contributed by atoms with E-state index in [9.17, 15) is 8.42 Å². The second-order valence-electron chi connectivity index (χ2n) is 2.16. The first-order valence-electron chi connectivity index (χ1n) is 3.14. The first-order chi connectivity index (χ1) is 6.41. The van der Waals surface area contributed by atoms with Gasteiger partial charge in [0.15, 0.2) is 0 Å². The van der Waals surface area contributed by atoms with Gasteiger partial charge in [-0.15, -0.1) is 0 Å². The number of halogens is 1. The monoisotopic (exact) mass is 235 g/mol. The minimum atomic E-state index is -4.27. The summed E-state index contributed by atoms with van der Waals surface area (Å²) in [4.78, 5) is -0.366. The van der Waals surface area contributed by atoms with E-state index in [-0.39, 0.29) is 15.6 Å². The summed E-state index contributed by atoms with van der Waals surface area (Å²) in [5, 5.41) is 12.2. The molecule has 0 atom stereocenters. The summed E-state index contributed by atoms with van der Waals surface area (Å²) >= 11 is 5.49. The highest BCUT2D eigenvalue weighted by atomic mass is 35.5. The molecule has 0 saturated heterocycles. The van der Waals surface area contributed by atoms with Gasteiger partial charge in [-0.25, -0.2) is 0 Å². The largest absolute Gasteiger partial charge is 0.398 e. The first kappa shape index (κ1) is 12.6. The average molecular weight is 236 g/mol. The van der Waals surface area contributed by atoms with Crippen LogP contribution >= 0.6 is 11.6 Å². The van der Waals surface area contributed by atoms with Crippen LogP contribution in [-0.4, -0.2) is 13.0 Å². The van der Waals surface area contributed by atoms with Crippen molar-refractivity contribution < 1.29 is 13.0 Å². The van der Waals surface area contributed by atoms with Gasteiger partial charge in [-0.3, -0.25) is 4.55 Å². The quantitative estimate of drug-likeness (QED) is 0.428. The lowest BCUT2D eigenvalue weighted by atomic mass is 10.3. The van der Waals surface area contributed by atoms with Crippen LogP contribution in [0.5, 0.6) is 0 Å². The predicted molar refractivity (Wildman–Crippen MR) is 49.1 cm³/mol. The van der Waals surface area contributed by atoms with Gasteiger partial charge in [0.05, 0.1) is 5.69 Å². The molecule has 0 spiro atoms. The van der Waals surface area contributed by atoms with Gasteiger partial charge in [-0.1, -0.05) is 11.6 Å². The number of hydrogen-bond donors (Lipinski definition) is 2. The maximum absolute atomic E-state index is 10.6. The summed E-state index contributed by atoms with van der Waals surface area (Å²) in [6.07, 6.45) is 0. The molecule has 0 radical (unpaired) electrons. The molecule has 0 heterocycles. The van der Waals surface area contributed by atoms with Gasteiger partial charge < -0.3 is 5.73 Å². The van der Waals surface area contributed by atoms with Crippen molar-refractivity contribution in [1.82, 2.24) is 0 Å². The van der Waals surface area contributed by atoms with Crippen LogP contribution in [0.4, 0.5) is 5.69 Å². The second-order valence-corrected chi connectivity index (χ2v) is 3.98. The summed E-state index contributed by atoms with van der Waals surface area (Å²) < 4.78 is 29.9. The average Bonchev–Trinajstić information content (AvgIpc) is 2.11. The van der Waals surface area contributed by atoms with Gasteiger partial charge in [0, 0.05) is 15.8 Å². The Kier molecular flexibility index (Phi) is 4.30. The van der Waals surface area contributed by atoms with Crippen LogP contribution in [0.15, 0.2) is 23.1 Å². The molecule has 0 aliphatic heterocycles. The molecule has 1 rings (SSSR count). The number of hydrogen-bond acceptors (Lipinski definition) is 5. The topological polar surface area (TPSA) is 128 Å². The zero-order valence-electron chi connectivity index (χ0n) is 6.75. The van der Waals surface area contributed by atoms with E-state index >= 15 is 0 Å². The van der Waals surface area contributed by atoms with Gasteiger partial charge in [-0.05, 0) is 18.2 Å². The van der Waals surface area contributed by atoms with Crippen molar-refractivity contribution in [2.75, 3.05) is 5.73 Å². The standard InChI is InChI=1S/C6H6ClNO3S.N2/c7-4-1-2-5(8)6(3-4)12(9,10)11;1-2/h1-3H,8H2,(H,9,10,11);. The van der Waals surface area contributed by atoms with E-state index in [1.165, 1.54) is 12.1 Å². The van der Waals surface area contributed by atoms with Crippen LogP contribution in [0.3, 0.4) is 0 Å². The van der Waals surface area contributed by atoms with Gasteiger partial charge in [-0.2, -0.15) is 8.42 Å². The van der Waals surface area contributed by atoms with Crippen molar-refractivity contribution in [2.24, 2.45) is 0 Å². The molecule has 0 fully saturated rings. The maximum atomic E-state index is 10.6. The number of anilines is 1. The van der Waals surface area contributed by atoms with Crippen LogP contribution < -0.4 is 5.73 Å². The Morgan fingerprint density at radius 3 is 2.21 bits per heavy atom. The zero-order chi connectivity index (χ0) is 11.4. The van der Waals surface area contributed by atoms with E-state index in [0.29, 0.717) is 0 Å². The van der Waals surface area contributed by atoms with E-state index in [4.69, 9.17) is 32.7 Å². The molecule has 6 nitrogen and oxygen atoms in total. The Hall–Kier alpha value is -1.36. The van der Waals surface area contributed by atoms with E-state index in [1.54, 1.807) is 0 Å². The van der Waals surface area contributed by atoms with E-state index < -0.39 is 10.1 Å². The van der Waals surface area contributed by atoms with Gasteiger partial charge >= 0.3 is 0 Å². The lowest BCUT2D eigenvalue weighted by molar-refractivity contribution is 0.483. The Morgan fingerprint density at radius 2 is 1.86 bits per heavy atom. The molecule has 0 amide bonds. The fraction of sp³-hybridized carbons (Fsp3) is 0. The molecular formula is C6H6ClN3O3S. The summed E-state index contributed by atoms with van der Waals surface area (Å²) in [5.74, 6) is 0. The summed E-state index contributed by atoms with van der Waals surface area (Å²) in [5.41, 5.74) is 5.25. The van der Waals surface area contributed by atoms with Crippen LogP contribution in [0.1, 0.15) is 0 Å². The molecule has 0 unspecified atom stereocenters. The van der Waals surface area contributed by atoms with Crippen molar-refractivity contribution in [2.45, 2.75) is 4.90 Å². The van der Waals surface area contributed by atoms with Crippen molar-refractivity contribution in [1.29, 1.82) is 10.8 Å². The summed E-state index contributed by atoms with van der Waals surface area (Å²) in [6.45, 7) is 0. The molecule has 0 aromatic heterocycles. The third-order valence-electron chi connectivity index (χ3n) is 1.25. The molecule has 1 aromatic carbocycles. The Bertz CT molecular complexity index is 443. The highest BCUT2D eigenvalue weighted by molar-refractivity contribution is 7.86. The molecule has 0 bridgehead atoms. The number of nitrogens with zero attached hydrogens (tertiary/aromatic N) is 2. The normalized spacial score (nSPS) is 10.0. The molecule has 76 valence electrons. The Balaban J connectivity index is 0.000000791. The van der Waals surface area contributed by atoms with Crippen molar-refractivity contribution >= 4 is 27.4 Å². The third kappa shape index (κ3) is 3.18. The number of benzene rings is 1. The minimum Gasteiger partial charge on any atom is -0.398 e. The maximum Gasteiger partial charge on any atom is 0.296 e. The lowest BCUT2D eigenvalue weighted by Crippen LogP contribution is -2.02. The Morgan fingerprint density at radius 1 is 1.36 bits per heavy atom. The molecule has 1 aromatic rings. The van der Waals surface area contributed by atoms with E-state index in [1.807, 2.05) is 0 Å². The lowest BCUT2D eigenvalue weighted by Gasteiger charge is -2.01. The fourth-order valence-corrected chi connectivity index (χ4v) is 1.61. The summed E-state index contributed by atoms with van der Waals surface area (Å²) in [6, 6.07) is 3.84. The minimum absolute atomic E-state index is 0.0260. The van der Waals surface area contributed by atoms with Crippen LogP contribution in [0, 0.1) is 10.8 Å². The SMILES string of the molecule is N#N.Nc1ccc(Cl)cc1S(=O)(=O)O. The zero-order valence-corrected chi connectivity index (χ0v) is 8.33. The molecular weight excluding hydrogens is 230 g/mol. The smallest absolute Gasteiger partial charge is 0.296 e. The van der Waals surface area contributed by atoms with Crippen molar-refractivity contribution in [3.8, 4) is 0 Å².